The van der Waals surface area contributed by atoms with E-state index in [0.29, 0.717) is 22.7 Å². The van der Waals surface area contributed by atoms with Gasteiger partial charge in [0.2, 0.25) is 10.0 Å². The van der Waals surface area contributed by atoms with Crippen LogP contribution < -0.4 is 19.2 Å². The van der Waals surface area contributed by atoms with Crippen molar-refractivity contribution in [3.63, 3.8) is 0 Å². The van der Waals surface area contributed by atoms with Gasteiger partial charge in [0.15, 0.2) is 11.5 Å². The van der Waals surface area contributed by atoms with Crippen LogP contribution in [-0.2, 0) is 14.8 Å². The number of benzene rings is 2. The van der Waals surface area contributed by atoms with E-state index >= 15 is 0 Å². The normalized spacial score (nSPS) is 12.4. The maximum atomic E-state index is 12.5. The van der Waals surface area contributed by atoms with Gasteiger partial charge in [0.25, 0.3) is 5.91 Å². The summed E-state index contributed by atoms with van der Waals surface area (Å²) >= 11 is 0. The first-order valence-corrected chi connectivity index (χ1v) is 10.2. The molecule has 1 amide bonds. The number of ether oxygens (including phenoxy) is 2. The molecular weight excluding hydrogens is 382 g/mol. The summed E-state index contributed by atoms with van der Waals surface area (Å²) in [5, 5.41) is 3.92. The lowest BCUT2D eigenvalue weighted by molar-refractivity contribution is -0.121. The van der Waals surface area contributed by atoms with Gasteiger partial charge in [0.1, 0.15) is 6.04 Å². The molecule has 0 saturated heterocycles. The zero-order valence-corrected chi connectivity index (χ0v) is 16.9. The van der Waals surface area contributed by atoms with Gasteiger partial charge in [-0.25, -0.2) is 13.8 Å². The minimum absolute atomic E-state index is 0.395. The smallest absolute Gasteiger partial charge is 0.263 e. The van der Waals surface area contributed by atoms with Crippen LogP contribution >= 0.6 is 0 Å². The molecule has 0 bridgehead atoms. The summed E-state index contributed by atoms with van der Waals surface area (Å²) in [6, 6.07) is 12.6. The first-order valence-electron chi connectivity index (χ1n) is 8.38. The highest BCUT2D eigenvalue weighted by molar-refractivity contribution is 7.92. The number of carbonyl (C=O) groups excluding carboxylic acids is 1. The third kappa shape index (κ3) is 5.01. The van der Waals surface area contributed by atoms with Gasteiger partial charge in [-0.1, -0.05) is 24.3 Å². The fraction of sp³-hybridized carbons (Fsp3) is 0.263. The SMILES string of the molecule is COc1cccc(/C=N\NC(=O)[C@H](C)N(c2ccccc2)S(C)(=O)=O)c1OC. The zero-order valence-electron chi connectivity index (χ0n) is 16.1. The molecule has 0 aromatic heterocycles. The van der Waals surface area contributed by atoms with E-state index in [4.69, 9.17) is 9.47 Å². The number of nitrogens with zero attached hydrogens (tertiary/aromatic N) is 2. The van der Waals surface area contributed by atoms with Crippen molar-refractivity contribution in [2.24, 2.45) is 5.10 Å². The number of hydrogen-bond acceptors (Lipinski definition) is 6. The van der Waals surface area contributed by atoms with Gasteiger partial charge in [-0.15, -0.1) is 0 Å². The van der Waals surface area contributed by atoms with E-state index in [2.05, 4.69) is 10.5 Å². The summed E-state index contributed by atoms with van der Waals surface area (Å²) in [7, 11) is -0.656. The molecule has 0 saturated carbocycles. The monoisotopic (exact) mass is 405 g/mol. The van der Waals surface area contributed by atoms with Crippen LogP contribution in [0.15, 0.2) is 53.6 Å². The molecule has 28 heavy (non-hydrogen) atoms. The molecule has 0 fully saturated rings. The largest absolute Gasteiger partial charge is 0.493 e. The van der Waals surface area contributed by atoms with E-state index in [1.807, 2.05) is 0 Å². The molecule has 2 aromatic carbocycles. The Hall–Kier alpha value is -3.07. The van der Waals surface area contributed by atoms with Crippen molar-refractivity contribution >= 4 is 27.8 Å². The second kappa shape index (κ2) is 9.23. The number of sulfonamides is 1. The topological polar surface area (TPSA) is 97.3 Å². The van der Waals surface area contributed by atoms with Gasteiger partial charge < -0.3 is 9.47 Å². The van der Waals surface area contributed by atoms with Gasteiger partial charge in [-0.2, -0.15) is 5.10 Å². The van der Waals surface area contributed by atoms with Crippen LogP contribution in [0.3, 0.4) is 0 Å². The number of para-hydroxylation sites is 2. The number of hydrazone groups is 1. The molecule has 150 valence electrons. The number of hydrogen-bond donors (Lipinski definition) is 1. The van der Waals surface area contributed by atoms with E-state index in [9.17, 15) is 13.2 Å². The van der Waals surface area contributed by atoms with E-state index in [1.54, 1.807) is 48.5 Å². The van der Waals surface area contributed by atoms with Crippen molar-refractivity contribution in [3.05, 3.63) is 54.1 Å². The lowest BCUT2D eigenvalue weighted by atomic mass is 10.2. The summed E-state index contributed by atoms with van der Waals surface area (Å²) in [6.45, 7) is 1.49. The van der Waals surface area contributed by atoms with Crippen molar-refractivity contribution < 1.29 is 22.7 Å². The third-order valence-corrected chi connectivity index (χ3v) is 5.15. The molecule has 0 spiro atoms. The molecule has 8 nitrogen and oxygen atoms in total. The molecule has 2 aromatic rings. The van der Waals surface area contributed by atoms with Crippen LogP contribution in [0.1, 0.15) is 12.5 Å². The lowest BCUT2D eigenvalue weighted by Crippen LogP contribution is -2.46. The van der Waals surface area contributed by atoms with Crippen molar-refractivity contribution in [1.29, 1.82) is 0 Å². The molecule has 0 aliphatic rings. The average molecular weight is 405 g/mol. The molecule has 1 N–H and O–H groups in total. The van der Waals surface area contributed by atoms with Crippen LogP contribution in [0.25, 0.3) is 0 Å². The van der Waals surface area contributed by atoms with Gasteiger partial charge in [-0.3, -0.25) is 9.10 Å². The number of rotatable bonds is 8. The Balaban J connectivity index is 2.19. The molecule has 0 aliphatic heterocycles. The summed E-state index contributed by atoms with van der Waals surface area (Å²) < 4.78 is 36.0. The van der Waals surface area contributed by atoms with Gasteiger partial charge in [0, 0.05) is 5.56 Å². The first kappa shape index (κ1) is 21.2. The fourth-order valence-corrected chi connectivity index (χ4v) is 3.83. The molecule has 0 unspecified atom stereocenters. The molecule has 1 atom stereocenters. The molecule has 9 heteroatoms. The third-order valence-electron chi connectivity index (χ3n) is 3.91. The summed E-state index contributed by atoms with van der Waals surface area (Å²) in [5.74, 6) is 0.420. The van der Waals surface area contributed by atoms with Gasteiger partial charge in [0.05, 0.1) is 32.4 Å². The van der Waals surface area contributed by atoms with Gasteiger partial charge in [-0.05, 0) is 31.2 Å². The fourth-order valence-electron chi connectivity index (χ4n) is 2.66. The Morgan fingerprint density at radius 1 is 1.11 bits per heavy atom. The Kier molecular flexibility index (Phi) is 7.00. The van der Waals surface area contributed by atoms with E-state index in [-0.39, 0.29) is 0 Å². The maximum Gasteiger partial charge on any atom is 0.263 e. The number of amides is 1. The predicted octanol–water partition coefficient (Wildman–Crippen LogP) is 2.01. The summed E-state index contributed by atoms with van der Waals surface area (Å²) in [4.78, 5) is 12.5. The average Bonchev–Trinajstić information content (AvgIpc) is 2.67. The lowest BCUT2D eigenvalue weighted by Gasteiger charge is -2.27. The Bertz CT molecular complexity index is 945. The van der Waals surface area contributed by atoms with Crippen LogP contribution in [0.2, 0.25) is 0 Å². The predicted molar refractivity (Wildman–Crippen MR) is 109 cm³/mol. The van der Waals surface area contributed by atoms with Crippen molar-refractivity contribution in [2.45, 2.75) is 13.0 Å². The summed E-state index contributed by atoms with van der Waals surface area (Å²) in [6.07, 6.45) is 2.45. The van der Waals surface area contributed by atoms with Crippen molar-refractivity contribution in [2.75, 3.05) is 24.8 Å². The second-order valence-corrected chi connectivity index (χ2v) is 7.75. The highest BCUT2D eigenvalue weighted by Crippen LogP contribution is 2.29. The van der Waals surface area contributed by atoms with Gasteiger partial charge >= 0.3 is 0 Å². The summed E-state index contributed by atoms with van der Waals surface area (Å²) in [5.41, 5.74) is 3.36. The van der Waals surface area contributed by atoms with Crippen LogP contribution in [0.5, 0.6) is 11.5 Å². The highest BCUT2D eigenvalue weighted by Gasteiger charge is 2.28. The van der Waals surface area contributed by atoms with E-state index in [1.165, 1.54) is 27.4 Å². The van der Waals surface area contributed by atoms with Crippen LogP contribution in [0.4, 0.5) is 5.69 Å². The molecule has 0 aliphatic carbocycles. The molecule has 0 radical (unpaired) electrons. The van der Waals surface area contributed by atoms with E-state index in [0.717, 1.165) is 10.6 Å². The number of carbonyl (C=O) groups is 1. The van der Waals surface area contributed by atoms with Crippen molar-refractivity contribution in [3.8, 4) is 11.5 Å². The Morgan fingerprint density at radius 3 is 2.36 bits per heavy atom. The zero-order chi connectivity index (χ0) is 20.7. The minimum atomic E-state index is -3.67. The quantitative estimate of drug-likeness (QED) is 0.535. The molecular formula is C19H23N3O5S. The van der Waals surface area contributed by atoms with Crippen LogP contribution in [0, 0.1) is 0 Å². The van der Waals surface area contributed by atoms with Crippen LogP contribution in [-0.4, -0.2) is 47.1 Å². The Labute approximate surface area is 164 Å². The standard InChI is InChI=1S/C19H23N3O5S/c1-14(22(28(4,24)25)16-10-6-5-7-11-16)19(23)21-20-13-15-9-8-12-17(26-2)18(15)27-3/h5-14H,1-4H3,(H,21,23)/b20-13-/t14-/m0/s1. The number of nitrogens with one attached hydrogen (secondary N) is 1. The van der Waals surface area contributed by atoms with Crippen molar-refractivity contribution in [1.82, 2.24) is 5.43 Å². The minimum Gasteiger partial charge on any atom is -0.493 e. The first-order chi connectivity index (χ1) is 13.3. The molecule has 2 rings (SSSR count). The molecule has 0 heterocycles. The Morgan fingerprint density at radius 2 is 1.79 bits per heavy atom. The highest BCUT2D eigenvalue weighted by atomic mass is 32.2. The number of anilines is 1. The number of methoxy groups -OCH3 is 2. The second-order valence-electron chi connectivity index (χ2n) is 5.89. The maximum absolute atomic E-state index is 12.5. The van der Waals surface area contributed by atoms with E-state index < -0.39 is 22.0 Å².